The summed E-state index contributed by atoms with van der Waals surface area (Å²) in [5.74, 6) is 0.493. The summed E-state index contributed by atoms with van der Waals surface area (Å²) in [5.41, 5.74) is 0.884. The second-order valence-electron chi connectivity index (χ2n) is 8.06. The zero-order chi connectivity index (χ0) is 21.4. The molecule has 2 aromatic rings. The number of hydrogen-bond donors (Lipinski definition) is 0. The fraction of sp³-hybridized carbons (Fsp3) is 0.455. The second-order valence-corrected chi connectivity index (χ2v) is 9.73. The molecule has 9 heteroatoms. The lowest BCUT2D eigenvalue weighted by molar-refractivity contribution is -0.123. The fourth-order valence-electron chi connectivity index (χ4n) is 4.34. The van der Waals surface area contributed by atoms with Crippen molar-refractivity contribution in [3.8, 4) is 0 Å². The summed E-state index contributed by atoms with van der Waals surface area (Å²) in [6.45, 7) is 2.91. The lowest BCUT2D eigenvalue weighted by Gasteiger charge is -2.29. The van der Waals surface area contributed by atoms with E-state index in [0.29, 0.717) is 32.8 Å². The van der Waals surface area contributed by atoms with E-state index in [1.54, 1.807) is 17.2 Å². The van der Waals surface area contributed by atoms with Crippen LogP contribution in [-0.4, -0.2) is 56.9 Å². The monoisotopic (exact) mass is 456 g/mol. The minimum atomic E-state index is -0.171. The lowest BCUT2D eigenvalue weighted by Crippen LogP contribution is -2.35. The van der Waals surface area contributed by atoms with Gasteiger partial charge >= 0.3 is 0 Å². The van der Waals surface area contributed by atoms with Crippen molar-refractivity contribution in [1.82, 2.24) is 14.3 Å². The van der Waals surface area contributed by atoms with Crippen LogP contribution in [0.3, 0.4) is 0 Å². The normalized spacial score (nSPS) is 23.5. The predicted octanol–water partition coefficient (Wildman–Crippen LogP) is 3.07. The molecule has 0 radical (unpaired) electrons. The molecule has 2 aromatic heterocycles. The highest BCUT2D eigenvalue weighted by Gasteiger charge is 2.35. The molecule has 0 saturated carbocycles. The molecule has 7 nitrogen and oxygen atoms in total. The summed E-state index contributed by atoms with van der Waals surface area (Å²) in [7, 11) is 0. The number of pyridine rings is 1. The number of amides is 1. The minimum absolute atomic E-state index is 0.0266. The number of hydrogen-bond acceptors (Lipinski definition) is 7. The van der Waals surface area contributed by atoms with Crippen molar-refractivity contribution in [1.29, 1.82) is 0 Å². The van der Waals surface area contributed by atoms with E-state index in [9.17, 15) is 9.59 Å². The summed E-state index contributed by atoms with van der Waals surface area (Å²) in [6.07, 6.45) is 8.69. The van der Waals surface area contributed by atoms with Gasteiger partial charge in [0.1, 0.15) is 15.8 Å². The van der Waals surface area contributed by atoms with E-state index in [1.165, 1.54) is 22.6 Å². The van der Waals surface area contributed by atoms with Crippen LogP contribution in [0.1, 0.15) is 37.7 Å². The van der Waals surface area contributed by atoms with Crippen molar-refractivity contribution < 1.29 is 9.53 Å². The Morgan fingerprint density at radius 3 is 2.81 bits per heavy atom. The number of anilines is 1. The summed E-state index contributed by atoms with van der Waals surface area (Å²) in [4.78, 5) is 35.6. The van der Waals surface area contributed by atoms with Gasteiger partial charge in [-0.05, 0) is 50.3 Å². The largest absolute Gasteiger partial charge is 0.376 e. The highest BCUT2D eigenvalue weighted by atomic mass is 32.2. The number of carbonyl (C=O) groups excluding carboxylic acids is 1. The molecule has 0 unspecified atom stereocenters. The Morgan fingerprint density at radius 2 is 2.03 bits per heavy atom. The Balaban J connectivity index is 1.55. The zero-order valence-corrected chi connectivity index (χ0v) is 18.8. The number of ether oxygens (including phenoxy) is 1. The maximum atomic E-state index is 13.4. The van der Waals surface area contributed by atoms with Gasteiger partial charge in [0, 0.05) is 25.9 Å². The average molecular weight is 457 g/mol. The third-order valence-electron chi connectivity index (χ3n) is 5.96. The van der Waals surface area contributed by atoms with Crippen LogP contribution in [0.25, 0.3) is 11.7 Å². The van der Waals surface area contributed by atoms with Crippen molar-refractivity contribution >= 4 is 51.7 Å². The SMILES string of the molecule is O=C1/C(=C/c2c(N3CCCCC3)nc3ccccn3c2=O)SC(=S)N1C[C@H]1CCCO1. The molecule has 0 spiro atoms. The Bertz CT molecular complexity index is 1120. The summed E-state index contributed by atoms with van der Waals surface area (Å²) in [6, 6.07) is 5.51. The van der Waals surface area contributed by atoms with Crippen molar-refractivity contribution in [3.63, 3.8) is 0 Å². The number of rotatable bonds is 4. The molecular weight excluding hydrogens is 432 g/mol. The number of aromatic nitrogens is 2. The number of thiocarbonyl (C=S) groups is 1. The maximum absolute atomic E-state index is 13.4. The van der Waals surface area contributed by atoms with Gasteiger partial charge < -0.3 is 9.64 Å². The van der Waals surface area contributed by atoms with E-state index in [0.717, 1.165) is 45.4 Å². The fourth-order valence-corrected chi connectivity index (χ4v) is 5.60. The van der Waals surface area contributed by atoms with Crippen LogP contribution >= 0.6 is 24.0 Å². The van der Waals surface area contributed by atoms with Crippen molar-refractivity contribution in [2.75, 3.05) is 31.1 Å². The van der Waals surface area contributed by atoms with Crippen molar-refractivity contribution in [2.45, 2.75) is 38.2 Å². The summed E-state index contributed by atoms with van der Waals surface area (Å²) < 4.78 is 7.73. The molecule has 3 fully saturated rings. The Morgan fingerprint density at radius 1 is 1.19 bits per heavy atom. The standard InChI is InChI=1S/C22H24N4O3S2/c27-20-16(13-17-21(28)26(22(30)31-17)14-15-7-6-12-29-15)19(24-9-3-1-4-10-24)23-18-8-2-5-11-25(18)20/h2,5,8,11,13,15H,1,3-4,6-7,9-10,12,14H2/b17-13-/t15-/m1/s1. The van der Waals surface area contributed by atoms with E-state index in [-0.39, 0.29) is 17.6 Å². The van der Waals surface area contributed by atoms with Gasteiger partial charge in [-0.3, -0.25) is 18.9 Å². The molecule has 31 heavy (non-hydrogen) atoms. The molecule has 1 atom stereocenters. The molecule has 0 bridgehead atoms. The van der Waals surface area contributed by atoms with Crippen LogP contribution in [0.4, 0.5) is 5.82 Å². The minimum Gasteiger partial charge on any atom is -0.376 e. The first kappa shape index (κ1) is 20.7. The molecule has 3 aliphatic heterocycles. The molecule has 0 aliphatic carbocycles. The van der Waals surface area contributed by atoms with Crippen LogP contribution < -0.4 is 10.5 Å². The van der Waals surface area contributed by atoms with E-state index in [2.05, 4.69) is 4.90 Å². The highest BCUT2D eigenvalue weighted by molar-refractivity contribution is 8.26. The Hall–Kier alpha value is -2.23. The molecule has 5 rings (SSSR count). The van der Waals surface area contributed by atoms with Gasteiger partial charge in [0.2, 0.25) is 0 Å². The molecule has 3 aliphatic rings. The second kappa shape index (κ2) is 8.72. The molecule has 1 amide bonds. The first-order valence-electron chi connectivity index (χ1n) is 10.7. The topological polar surface area (TPSA) is 67.2 Å². The number of piperidine rings is 1. The van der Waals surface area contributed by atoms with Crippen LogP contribution in [0.15, 0.2) is 34.1 Å². The maximum Gasteiger partial charge on any atom is 0.267 e. The van der Waals surface area contributed by atoms with Crippen molar-refractivity contribution in [2.24, 2.45) is 0 Å². The third kappa shape index (κ3) is 4.02. The first-order valence-corrected chi connectivity index (χ1v) is 12.0. The van der Waals surface area contributed by atoms with Crippen molar-refractivity contribution in [3.05, 3.63) is 45.2 Å². The number of thioether (sulfide) groups is 1. The van der Waals surface area contributed by atoms with Gasteiger partial charge in [-0.1, -0.05) is 30.0 Å². The van der Waals surface area contributed by atoms with E-state index in [4.69, 9.17) is 21.9 Å². The van der Waals surface area contributed by atoms with Gasteiger partial charge in [0.05, 0.1) is 23.1 Å². The Labute approximate surface area is 190 Å². The number of nitrogens with zero attached hydrogens (tertiary/aromatic N) is 4. The quantitative estimate of drug-likeness (QED) is 0.517. The zero-order valence-electron chi connectivity index (χ0n) is 17.2. The van der Waals surface area contributed by atoms with Gasteiger partial charge in [-0.25, -0.2) is 4.98 Å². The van der Waals surface area contributed by atoms with Gasteiger partial charge in [0.25, 0.3) is 11.5 Å². The van der Waals surface area contributed by atoms with Gasteiger partial charge in [0.15, 0.2) is 0 Å². The van der Waals surface area contributed by atoms with E-state index in [1.807, 2.05) is 18.2 Å². The third-order valence-corrected chi connectivity index (χ3v) is 7.34. The number of fused-ring (bicyclic) bond motifs is 1. The summed E-state index contributed by atoms with van der Waals surface area (Å²) >= 11 is 6.72. The van der Waals surface area contributed by atoms with Crippen LogP contribution in [0.5, 0.6) is 0 Å². The van der Waals surface area contributed by atoms with Gasteiger partial charge in [-0.2, -0.15) is 0 Å². The molecule has 162 valence electrons. The van der Waals surface area contributed by atoms with Crippen LogP contribution in [0, 0.1) is 0 Å². The first-order chi connectivity index (χ1) is 15.1. The van der Waals surface area contributed by atoms with Gasteiger partial charge in [-0.15, -0.1) is 0 Å². The lowest BCUT2D eigenvalue weighted by atomic mass is 10.1. The Kier molecular flexibility index (Phi) is 5.81. The molecule has 0 aromatic carbocycles. The van der Waals surface area contributed by atoms with E-state index < -0.39 is 0 Å². The average Bonchev–Trinajstić information content (AvgIpc) is 3.40. The predicted molar refractivity (Wildman–Crippen MR) is 126 cm³/mol. The molecular formula is C22H24N4O3S2. The highest BCUT2D eigenvalue weighted by Crippen LogP contribution is 2.34. The van der Waals surface area contributed by atoms with E-state index >= 15 is 0 Å². The number of carbonyl (C=O) groups is 1. The molecule has 0 N–H and O–H groups in total. The molecule has 3 saturated heterocycles. The smallest absolute Gasteiger partial charge is 0.267 e. The molecule has 5 heterocycles. The van der Waals surface area contributed by atoms with Crippen LogP contribution in [-0.2, 0) is 9.53 Å². The van der Waals surface area contributed by atoms with Crippen LogP contribution in [0.2, 0.25) is 0 Å². The summed E-state index contributed by atoms with van der Waals surface area (Å²) in [5, 5.41) is 0.